The van der Waals surface area contributed by atoms with Crippen LogP contribution in [0.3, 0.4) is 0 Å². The maximum Gasteiger partial charge on any atom is 0.160 e. The first-order chi connectivity index (χ1) is 7.00. The SMILES string of the molecule is CC(=O)c1cc(N)cc2oc(C)c(C)c12. The van der Waals surface area contributed by atoms with Crippen molar-refractivity contribution in [3.05, 3.63) is 29.0 Å². The van der Waals surface area contributed by atoms with Crippen molar-refractivity contribution in [3.8, 4) is 0 Å². The van der Waals surface area contributed by atoms with Crippen LogP contribution in [0.25, 0.3) is 11.0 Å². The van der Waals surface area contributed by atoms with Crippen LogP contribution in [0.15, 0.2) is 16.5 Å². The van der Waals surface area contributed by atoms with Gasteiger partial charge in [-0.05, 0) is 32.4 Å². The lowest BCUT2D eigenvalue weighted by molar-refractivity contribution is 0.101. The Morgan fingerprint density at radius 3 is 2.60 bits per heavy atom. The molecule has 2 aromatic rings. The molecule has 0 amide bonds. The van der Waals surface area contributed by atoms with Crippen LogP contribution in [0.4, 0.5) is 5.69 Å². The number of aryl methyl sites for hydroxylation is 2. The van der Waals surface area contributed by atoms with E-state index in [1.54, 1.807) is 12.1 Å². The Kier molecular flexibility index (Phi) is 2.03. The van der Waals surface area contributed by atoms with Gasteiger partial charge in [0.05, 0.1) is 0 Å². The molecule has 3 heteroatoms. The first-order valence-electron chi connectivity index (χ1n) is 4.81. The van der Waals surface area contributed by atoms with Gasteiger partial charge in [0.25, 0.3) is 0 Å². The van der Waals surface area contributed by atoms with Gasteiger partial charge >= 0.3 is 0 Å². The molecule has 0 aliphatic heterocycles. The van der Waals surface area contributed by atoms with E-state index in [0.717, 1.165) is 16.7 Å². The molecule has 15 heavy (non-hydrogen) atoms. The minimum absolute atomic E-state index is 0.0104. The maximum atomic E-state index is 11.5. The zero-order chi connectivity index (χ0) is 11.2. The van der Waals surface area contributed by atoms with E-state index in [9.17, 15) is 4.79 Å². The minimum Gasteiger partial charge on any atom is -0.461 e. The molecule has 0 fully saturated rings. The Labute approximate surface area is 87.9 Å². The van der Waals surface area contributed by atoms with Crippen molar-refractivity contribution in [2.24, 2.45) is 0 Å². The average Bonchev–Trinajstić information content (AvgIpc) is 2.41. The number of anilines is 1. The van der Waals surface area contributed by atoms with E-state index >= 15 is 0 Å². The van der Waals surface area contributed by atoms with Crippen LogP contribution in [-0.2, 0) is 0 Å². The summed E-state index contributed by atoms with van der Waals surface area (Å²) in [6.07, 6.45) is 0. The molecule has 0 saturated carbocycles. The highest BCUT2D eigenvalue weighted by molar-refractivity contribution is 6.08. The van der Waals surface area contributed by atoms with E-state index in [2.05, 4.69) is 0 Å². The highest BCUT2D eigenvalue weighted by atomic mass is 16.3. The van der Waals surface area contributed by atoms with Crippen LogP contribution in [0.1, 0.15) is 28.6 Å². The van der Waals surface area contributed by atoms with Crippen LogP contribution in [-0.4, -0.2) is 5.78 Å². The van der Waals surface area contributed by atoms with Gasteiger partial charge < -0.3 is 10.2 Å². The zero-order valence-corrected chi connectivity index (χ0v) is 9.05. The van der Waals surface area contributed by atoms with E-state index in [4.69, 9.17) is 10.2 Å². The van der Waals surface area contributed by atoms with Gasteiger partial charge in [0.2, 0.25) is 0 Å². The highest BCUT2D eigenvalue weighted by Gasteiger charge is 2.14. The van der Waals surface area contributed by atoms with Gasteiger partial charge in [-0.25, -0.2) is 0 Å². The molecular formula is C12H13NO2. The number of ketones is 1. The monoisotopic (exact) mass is 203 g/mol. The van der Waals surface area contributed by atoms with Crippen LogP contribution in [0, 0.1) is 13.8 Å². The van der Waals surface area contributed by atoms with E-state index in [0.29, 0.717) is 16.8 Å². The number of nitrogen functional groups attached to an aromatic ring is 1. The van der Waals surface area contributed by atoms with Gasteiger partial charge in [0.15, 0.2) is 5.78 Å². The third-order valence-electron chi connectivity index (χ3n) is 2.67. The fourth-order valence-corrected chi connectivity index (χ4v) is 1.80. The van der Waals surface area contributed by atoms with Crippen molar-refractivity contribution in [2.45, 2.75) is 20.8 Å². The predicted octanol–water partition coefficient (Wildman–Crippen LogP) is 2.83. The Hall–Kier alpha value is -1.77. The number of Topliss-reactive ketones (excluding diaryl/α,β-unsaturated/α-hetero) is 1. The summed E-state index contributed by atoms with van der Waals surface area (Å²) in [7, 11) is 0. The summed E-state index contributed by atoms with van der Waals surface area (Å²) in [6.45, 7) is 5.37. The lowest BCUT2D eigenvalue weighted by Crippen LogP contribution is -1.96. The molecule has 0 unspecified atom stereocenters. The summed E-state index contributed by atoms with van der Waals surface area (Å²) < 4.78 is 5.54. The summed E-state index contributed by atoms with van der Waals surface area (Å²) in [5.74, 6) is 0.842. The van der Waals surface area contributed by atoms with Gasteiger partial charge in [0.1, 0.15) is 11.3 Å². The van der Waals surface area contributed by atoms with Crippen molar-refractivity contribution >= 4 is 22.4 Å². The lowest BCUT2D eigenvalue weighted by Gasteiger charge is -2.01. The standard InChI is InChI=1S/C12H13NO2/c1-6-8(3)15-11-5-9(13)4-10(7(2)14)12(6)11/h4-5H,13H2,1-3H3. The molecule has 1 aromatic carbocycles. The molecule has 0 saturated heterocycles. The van der Waals surface area contributed by atoms with Gasteiger partial charge in [-0.3, -0.25) is 4.79 Å². The van der Waals surface area contributed by atoms with E-state index in [-0.39, 0.29) is 5.78 Å². The van der Waals surface area contributed by atoms with Crippen molar-refractivity contribution in [2.75, 3.05) is 5.73 Å². The Morgan fingerprint density at radius 1 is 1.33 bits per heavy atom. The first-order valence-corrected chi connectivity index (χ1v) is 4.81. The Balaban J connectivity index is 2.94. The summed E-state index contributed by atoms with van der Waals surface area (Å²) >= 11 is 0. The van der Waals surface area contributed by atoms with Crippen LogP contribution < -0.4 is 5.73 Å². The summed E-state index contributed by atoms with van der Waals surface area (Å²) in [6, 6.07) is 3.45. The molecule has 2 rings (SSSR count). The van der Waals surface area contributed by atoms with E-state index < -0.39 is 0 Å². The minimum atomic E-state index is 0.0104. The van der Waals surface area contributed by atoms with Crippen molar-refractivity contribution in [1.29, 1.82) is 0 Å². The van der Waals surface area contributed by atoms with Gasteiger partial charge in [-0.2, -0.15) is 0 Å². The topological polar surface area (TPSA) is 56.2 Å². The third-order valence-corrected chi connectivity index (χ3v) is 2.67. The van der Waals surface area contributed by atoms with Gasteiger partial charge in [-0.1, -0.05) is 0 Å². The van der Waals surface area contributed by atoms with E-state index in [1.807, 2.05) is 13.8 Å². The molecule has 78 valence electrons. The maximum absolute atomic E-state index is 11.5. The molecule has 0 aliphatic rings. The summed E-state index contributed by atoms with van der Waals surface area (Å²) in [5, 5.41) is 0.884. The smallest absolute Gasteiger partial charge is 0.160 e. The molecule has 2 N–H and O–H groups in total. The van der Waals surface area contributed by atoms with Gasteiger partial charge in [-0.15, -0.1) is 0 Å². The van der Waals surface area contributed by atoms with Crippen LogP contribution in [0.2, 0.25) is 0 Å². The first kappa shape index (κ1) is 9.77. The summed E-state index contributed by atoms with van der Waals surface area (Å²) in [5.41, 5.74) is 8.60. The second kappa shape index (κ2) is 3.12. The number of rotatable bonds is 1. The number of carbonyl (C=O) groups excluding carboxylic acids is 1. The number of hydrogen-bond acceptors (Lipinski definition) is 3. The van der Waals surface area contributed by atoms with Crippen LogP contribution >= 0.6 is 0 Å². The number of hydrogen-bond donors (Lipinski definition) is 1. The number of nitrogens with two attached hydrogens (primary N) is 1. The Bertz CT molecular complexity index is 552. The largest absolute Gasteiger partial charge is 0.461 e. The number of benzene rings is 1. The lowest BCUT2D eigenvalue weighted by atomic mass is 10.0. The second-order valence-electron chi connectivity index (χ2n) is 3.78. The molecule has 3 nitrogen and oxygen atoms in total. The van der Waals surface area contributed by atoms with Crippen molar-refractivity contribution in [1.82, 2.24) is 0 Å². The third kappa shape index (κ3) is 1.40. The summed E-state index contributed by atoms with van der Waals surface area (Å²) in [4.78, 5) is 11.5. The molecule has 0 aliphatic carbocycles. The molecule has 0 spiro atoms. The highest BCUT2D eigenvalue weighted by Crippen LogP contribution is 2.30. The molecule has 1 aromatic heterocycles. The molecule has 1 heterocycles. The van der Waals surface area contributed by atoms with Crippen LogP contribution in [0.5, 0.6) is 0 Å². The molecule has 0 radical (unpaired) electrons. The number of carbonyl (C=O) groups is 1. The average molecular weight is 203 g/mol. The number of fused-ring (bicyclic) bond motifs is 1. The Morgan fingerprint density at radius 2 is 2.00 bits per heavy atom. The second-order valence-corrected chi connectivity index (χ2v) is 3.78. The quantitative estimate of drug-likeness (QED) is 0.572. The van der Waals surface area contributed by atoms with E-state index in [1.165, 1.54) is 6.92 Å². The molecule has 0 atom stereocenters. The predicted molar refractivity (Wildman–Crippen MR) is 60.1 cm³/mol. The fraction of sp³-hybridized carbons (Fsp3) is 0.250. The fourth-order valence-electron chi connectivity index (χ4n) is 1.80. The zero-order valence-electron chi connectivity index (χ0n) is 9.05. The van der Waals surface area contributed by atoms with Crippen molar-refractivity contribution < 1.29 is 9.21 Å². The van der Waals surface area contributed by atoms with Gasteiger partial charge in [0, 0.05) is 22.7 Å². The normalized spacial score (nSPS) is 10.9. The molecular weight excluding hydrogens is 190 g/mol. The van der Waals surface area contributed by atoms with Crippen molar-refractivity contribution in [3.63, 3.8) is 0 Å². The molecule has 0 bridgehead atoms. The number of furan rings is 1.